The normalized spacial score (nSPS) is 17.6. The van der Waals surface area contributed by atoms with Crippen molar-refractivity contribution in [1.82, 2.24) is 4.98 Å². The van der Waals surface area contributed by atoms with E-state index in [9.17, 15) is 22.7 Å². The Balaban J connectivity index is 2.06. The van der Waals surface area contributed by atoms with Gasteiger partial charge in [-0.15, -0.1) is 0 Å². The minimum Gasteiger partial charge on any atom is -0.396 e. The van der Waals surface area contributed by atoms with E-state index >= 15 is 0 Å². The van der Waals surface area contributed by atoms with Crippen LogP contribution in [-0.4, -0.2) is 16.7 Å². The van der Waals surface area contributed by atoms with E-state index in [2.05, 4.69) is 4.98 Å². The monoisotopic (exact) mass is 339 g/mol. The first kappa shape index (κ1) is 16.9. The summed E-state index contributed by atoms with van der Waals surface area (Å²) >= 11 is 0. The molecule has 3 rings (SSSR count). The lowest BCUT2D eigenvalue weighted by Gasteiger charge is -2.26. The van der Waals surface area contributed by atoms with Crippen molar-refractivity contribution in [2.75, 3.05) is 6.61 Å². The summed E-state index contributed by atoms with van der Waals surface area (Å²) in [7, 11) is 0. The zero-order valence-corrected chi connectivity index (χ0v) is 12.9. The summed E-state index contributed by atoms with van der Waals surface area (Å²) in [5, 5.41) is 9.19. The van der Waals surface area contributed by atoms with Gasteiger partial charge in [0, 0.05) is 30.1 Å². The molecular formula is C18H17F4NO. The van der Waals surface area contributed by atoms with Crippen molar-refractivity contribution in [1.29, 1.82) is 0 Å². The van der Waals surface area contributed by atoms with Crippen LogP contribution in [0.3, 0.4) is 0 Å². The fourth-order valence-electron chi connectivity index (χ4n) is 3.41. The Morgan fingerprint density at radius 2 is 1.96 bits per heavy atom. The van der Waals surface area contributed by atoms with Crippen molar-refractivity contribution < 1.29 is 22.7 Å². The maximum atomic E-state index is 14.3. The molecule has 2 aromatic rings. The minimum atomic E-state index is -4.57. The van der Waals surface area contributed by atoms with Crippen LogP contribution in [0.2, 0.25) is 0 Å². The molecule has 0 bridgehead atoms. The van der Waals surface area contributed by atoms with E-state index in [-0.39, 0.29) is 18.1 Å². The van der Waals surface area contributed by atoms with E-state index in [0.29, 0.717) is 18.1 Å². The minimum absolute atomic E-state index is 0.0585. The Labute approximate surface area is 137 Å². The molecule has 0 radical (unpaired) electrons. The van der Waals surface area contributed by atoms with Gasteiger partial charge in [-0.3, -0.25) is 4.98 Å². The lowest BCUT2D eigenvalue weighted by atomic mass is 9.79. The fraction of sp³-hybridized carbons (Fsp3) is 0.389. The number of aliphatic hydroxyl groups is 1. The average molecular weight is 339 g/mol. The van der Waals surface area contributed by atoms with Gasteiger partial charge in [-0.2, -0.15) is 13.2 Å². The molecule has 24 heavy (non-hydrogen) atoms. The molecule has 1 heterocycles. The zero-order valence-electron chi connectivity index (χ0n) is 12.9. The Morgan fingerprint density at radius 3 is 2.62 bits per heavy atom. The van der Waals surface area contributed by atoms with Gasteiger partial charge in [0.2, 0.25) is 0 Å². The highest BCUT2D eigenvalue weighted by Crippen LogP contribution is 2.40. The second kappa shape index (κ2) is 6.51. The summed E-state index contributed by atoms with van der Waals surface area (Å²) in [5.74, 6) is -0.743. The van der Waals surface area contributed by atoms with E-state index in [1.807, 2.05) is 0 Å². The van der Waals surface area contributed by atoms with Crippen LogP contribution < -0.4 is 0 Å². The van der Waals surface area contributed by atoms with Gasteiger partial charge in [-0.25, -0.2) is 4.39 Å². The van der Waals surface area contributed by atoms with E-state index in [1.165, 1.54) is 12.3 Å². The van der Waals surface area contributed by atoms with Crippen LogP contribution in [0, 0.1) is 5.82 Å². The largest absolute Gasteiger partial charge is 0.416 e. The number of hydrogen-bond acceptors (Lipinski definition) is 2. The maximum absolute atomic E-state index is 14.3. The average Bonchev–Trinajstić information content (AvgIpc) is 2.54. The van der Waals surface area contributed by atoms with Crippen molar-refractivity contribution >= 4 is 0 Å². The number of pyridine rings is 1. The number of nitrogens with zero attached hydrogens (tertiary/aromatic N) is 1. The van der Waals surface area contributed by atoms with Crippen molar-refractivity contribution in [3.63, 3.8) is 0 Å². The third-order valence-electron chi connectivity index (χ3n) is 4.57. The molecule has 1 aromatic heterocycles. The van der Waals surface area contributed by atoms with Crippen molar-refractivity contribution in [3.8, 4) is 11.1 Å². The standard InChI is InChI=1S/C18H17F4NO/c19-17-8-12(18(20,21)22)4-5-14(17)16-10-23-9-15-11(6-7-24)2-1-3-13(15)16/h4-5,8-11,24H,1-3,6-7H2. The Morgan fingerprint density at radius 1 is 1.17 bits per heavy atom. The number of halogens is 4. The SMILES string of the molecule is OCCC1CCCc2c(-c3ccc(C(F)(F)F)cc3F)cncc21. The second-order valence-electron chi connectivity index (χ2n) is 6.05. The molecule has 0 saturated heterocycles. The number of hydrogen-bond donors (Lipinski definition) is 1. The molecule has 6 heteroatoms. The second-order valence-corrected chi connectivity index (χ2v) is 6.05. The maximum Gasteiger partial charge on any atom is 0.416 e. The van der Waals surface area contributed by atoms with Crippen molar-refractivity contribution in [2.45, 2.75) is 37.8 Å². The fourth-order valence-corrected chi connectivity index (χ4v) is 3.41. The first-order valence-corrected chi connectivity index (χ1v) is 7.86. The molecule has 0 saturated carbocycles. The molecule has 0 aliphatic heterocycles. The predicted octanol–water partition coefficient (Wildman–Crippen LogP) is 4.71. The molecule has 0 fully saturated rings. The molecular weight excluding hydrogens is 322 g/mol. The Kier molecular flexibility index (Phi) is 4.58. The molecule has 1 aliphatic carbocycles. The highest BCUT2D eigenvalue weighted by molar-refractivity contribution is 5.69. The van der Waals surface area contributed by atoms with Crippen LogP contribution in [0.25, 0.3) is 11.1 Å². The first-order valence-electron chi connectivity index (χ1n) is 7.86. The van der Waals surface area contributed by atoms with Crippen LogP contribution in [0.15, 0.2) is 30.6 Å². The van der Waals surface area contributed by atoms with Gasteiger partial charge in [-0.05, 0) is 54.9 Å². The number of aliphatic hydroxyl groups excluding tert-OH is 1. The van der Waals surface area contributed by atoms with E-state index in [4.69, 9.17) is 0 Å². The van der Waals surface area contributed by atoms with Crippen LogP contribution in [0.4, 0.5) is 17.6 Å². The van der Waals surface area contributed by atoms with Crippen molar-refractivity contribution in [2.24, 2.45) is 0 Å². The number of alkyl halides is 3. The summed E-state index contributed by atoms with van der Waals surface area (Å²) in [6.07, 6.45) is 1.82. The number of benzene rings is 1. The smallest absolute Gasteiger partial charge is 0.396 e. The van der Waals surface area contributed by atoms with Gasteiger partial charge in [-0.1, -0.05) is 6.07 Å². The molecule has 1 unspecified atom stereocenters. The molecule has 128 valence electrons. The van der Waals surface area contributed by atoms with Crippen molar-refractivity contribution in [3.05, 3.63) is 53.1 Å². The Hall–Kier alpha value is -1.95. The summed E-state index contributed by atoms with van der Waals surface area (Å²) in [6.45, 7) is 0.0585. The van der Waals surface area contributed by atoms with Gasteiger partial charge >= 0.3 is 6.18 Å². The highest BCUT2D eigenvalue weighted by atomic mass is 19.4. The highest BCUT2D eigenvalue weighted by Gasteiger charge is 2.31. The van der Waals surface area contributed by atoms with Crippen LogP contribution in [0.5, 0.6) is 0 Å². The lowest BCUT2D eigenvalue weighted by molar-refractivity contribution is -0.137. The quantitative estimate of drug-likeness (QED) is 0.822. The molecule has 0 amide bonds. The molecule has 2 nitrogen and oxygen atoms in total. The van der Waals surface area contributed by atoms with Crippen LogP contribution >= 0.6 is 0 Å². The van der Waals surface area contributed by atoms with E-state index < -0.39 is 17.6 Å². The van der Waals surface area contributed by atoms with Gasteiger partial charge in [0.25, 0.3) is 0 Å². The van der Waals surface area contributed by atoms with Gasteiger partial charge in [0.15, 0.2) is 0 Å². The summed E-state index contributed by atoms with van der Waals surface area (Å²) < 4.78 is 52.4. The number of rotatable bonds is 3. The third kappa shape index (κ3) is 3.15. The number of aromatic nitrogens is 1. The predicted molar refractivity (Wildman–Crippen MR) is 82.0 cm³/mol. The lowest BCUT2D eigenvalue weighted by Crippen LogP contribution is -2.13. The Bertz CT molecular complexity index is 742. The van der Waals surface area contributed by atoms with Crippen LogP contribution in [-0.2, 0) is 12.6 Å². The van der Waals surface area contributed by atoms with Crippen LogP contribution in [0.1, 0.15) is 41.9 Å². The zero-order chi connectivity index (χ0) is 17.3. The summed E-state index contributed by atoms with van der Waals surface area (Å²) in [4.78, 5) is 4.15. The molecule has 1 aromatic carbocycles. The molecule has 1 atom stereocenters. The first-order chi connectivity index (χ1) is 11.4. The third-order valence-corrected chi connectivity index (χ3v) is 4.57. The van der Waals surface area contributed by atoms with Gasteiger partial charge in [0.1, 0.15) is 5.82 Å². The van der Waals surface area contributed by atoms with Gasteiger partial charge < -0.3 is 5.11 Å². The molecule has 0 spiro atoms. The molecule has 1 N–H and O–H groups in total. The topological polar surface area (TPSA) is 33.1 Å². The summed E-state index contributed by atoms with van der Waals surface area (Å²) in [6, 6.07) is 2.60. The van der Waals surface area contributed by atoms with E-state index in [1.54, 1.807) is 6.20 Å². The van der Waals surface area contributed by atoms with Gasteiger partial charge in [0.05, 0.1) is 5.56 Å². The van der Waals surface area contributed by atoms with E-state index in [0.717, 1.165) is 36.5 Å². The summed E-state index contributed by atoms with van der Waals surface area (Å²) in [5.41, 5.74) is 1.57. The number of fused-ring (bicyclic) bond motifs is 1. The molecule has 1 aliphatic rings.